The first-order chi connectivity index (χ1) is 14.3. The third-order valence-corrected chi connectivity index (χ3v) is 4.76. The Bertz CT molecular complexity index is 903. The maximum atomic E-state index is 12.4. The minimum absolute atomic E-state index is 0.0811. The summed E-state index contributed by atoms with van der Waals surface area (Å²) >= 11 is 11.4. The molecule has 0 heterocycles. The van der Waals surface area contributed by atoms with Crippen LogP contribution in [-0.4, -0.2) is 23.0 Å². The van der Waals surface area contributed by atoms with Crippen LogP contribution in [0.4, 0.5) is 11.4 Å². The summed E-state index contributed by atoms with van der Waals surface area (Å²) in [5.74, 6) is 0.267. The van der Waals surface area contributed by atoms with E-state index < -0.39 is 0 Å². The van der Waals surface area contributed by atoms with E-state index in [1.54, 1.807) is 42.5 Å². The van der Waals surface area contributed by atoms with Crippen LogP contribution in [0.25, 0.3) is 0 Å². The Morgan fingerprint density at radius 1 is 1.10 bits per heavy atom. The minimum Gasteiger partial charge on any atom is -0.491 e. The van der Waals surface area contributed by atoms with Gasteiger partial charge in [-0.15, -0.1) is 0 Å². The number of nitrogens with one attached hydrogen (secondary N) is 3. The molecular weight excluding hydrogens is 422 g/mol. The molecule has 0 aliphatic carbocycles. The van der Waals surface area contributed by atoms with Crippen LogP contribution in [0.3, 0.4) is 0 Å². The van der Waals surface area contributed by atoms with Crippen LogP contribution >= 0.6 is 23.8 Å². The van der Waals surface area contributed by atoms with Gasteiger partial charge in [-0.25, -0.2) is 0 Å². The first kappa shape index (κ1) is 23.6. The zero-order valence-electron chi connectivity index (χ0n) is 17.3. The summed E-state index contributed by atoms with van der Waals surface area (Å²) in [5, 5.41) is 8.81. The van der Waals surface area contributed by atoms with Gasteiger partial charge in [0.2, 0.25) is 5.91 Å². The van der Waals surface area contributed by atoms with Gasteiger partial charge in [0.05, 0.1) is 16.8 Å². The molecule has 0 bridgehead atoms. The van der Waals surface area contributed by atoms with E-state index in [2.05, 4.69) is 16.0 Å². The number of carbonyl (C=O) groups is 2. The average molecular weight is 448 g/mol. The third-order valence-electron chi connectivity index (χ3n) is 4.23. The summed E-state index contributed by atoms with van der Waals surface area (Å²) in [5.41, 5.74) is 1.52. The topological polar surface area (TPSA) is 79.5 Å². The van der Waals surface area contributed by atoms with Crippen molar-refractivity contribution in [3.05, 3.63) is 53.1 Å². The van der Waals surface area contributed by atoms with Gasteiger partial charge in [0.15, 0.2) is 5.11 Å². The Morgan fingerprint density at radius 2 is 1.80 bits per heavy atom. The number of thiocarbonyl (C=S) groups is 1. The number of anilines is 2. The Hall–Kier alpha value is -2.64. The van der Waals surface area contributed by atoms with Crippen molar-refractivity contribution in [2.75, 3.05) is 10.6 Å². The SMILES string of the molecule is CCCC(=O)Nc1ccc(Cl)c(NC(=S)NC(=O)c2ccc(OC(C)CC)cc2)c1. The molecule has 2 rings (SSSR count). The molecule has 0 spiro atoms. The molecule has 6 nitrogen and oxygen atoms in total. The van der Waals surface area contributed by atoms with Crippen molar-refractivity contribution in [3.63, 3.8) is 0 Å². The lowest BCUT2D eigenvalue weighted by Crippen LogP contribution is -2.34. The van der Waals surface area contributed by atoms with Gasteiger partial charge in [-0.05, 0) is 74.4 Å². The zero-order valence-corrected chi connectivity index (χ0v) is 18.8. The van der Waals surface area contributed by atoms with E-state index in [9.17, 15) is 9.59 Å². The van der Waals surface area contributed by atoms with E-state index in [0.29, 0.717) is 34.1 Å². The van der Waals surface area contributed by atoms with Crippen molar-refractivity contribution in [2.24, 2.45) is 0 Å². The van der Waals surface area contributed by atoms with Gasteiger partial charge in [0.25, 0.3) is 5.91 Å². The van der Waals surface area contributed by atoms with Crippen molar-refractivity contribution in [1.82, 2.24) is 5.32 Å². The predicted octanol–water partition coefficient (Wildman–Crippen LogP) is 5.38. The molecule has 0 radical (unpaired) electrons. The summed E-state index contributed by atoms with van der Waals surface area (Å²) in [6.07, 6.45) is 2.19. The van der Waals surface area contributed by atoms with Crippen LogP contribution in [0, 0.1) is 0 Å². The van der Waals surface area contributed by atoms with Gasteiger partial charge in [-0.2, -0.15) is 0 Å². The molecule has 0 aliphatic rings. The molecule has 0 fully saturated rings. The quantitative estimate of drug-likeness (QED) is 0.473. The second-order valence-electron chi connectivity index (χ2n) is 6.76. The molecule has 30 heavy (non-hydrogen) atoms. The summed E-state index contributed by atoms with van der Waals surface area (Å²) < 4.78 is 5.71. The Labute approximate surface area is 187 Å². The standard InChI is InChI=1S/C22H26ClN3O3S/c1-4-6-20(27)24-16-9-12-18(23)19(13-16)25-22(30)26-21(28)15-7-10-17(11-8-15)29-14(3)5-2/h7-14H,4-6H2,1-3H3,(H,24,27)(H2,25,26,28,30). The molecule has 2 amide bonds. The molecule has 0 aliphatic heterocycles. The van der Waals surface area contributed by atoms with E-state index in [-0.39, 0.29) is 23.0 Å². The van der Waals surface area contributed by atoms with Gasteiger partial charge < -0.3 is 15.4 Å². The van der Waals surface area contributed by atoms with Gasteiger partial charge >= 0.3 is 0 Å². The molecule has 1 atom stereocenters. The molecule has 3 N–H and O–H groups in total. The molecule has 1 unspecified atom stereocenters. The van der Waals surface area contributed by atoms with Crippen LogP contribution < -0.4 is 20.7 Å². The molecule has 2 aromatic rings. The molecular formula is C22H26ClN3O3S. The first-order valence-electron chi connectivity index (χ1n) is 9.80. The predicted molar refractivity (Wildman–Crippen MR) is 125 cm³/mol. The van der Waals surface area contributed by atoms with Gasteiger partial charge in [0.1, 0.15) is 5.75 Å². The van der Waals surface area contributed by atoms with Gasteiger partial charge in [0, 0.05) is 17.7 Å². The minimum atomic E-state index is -0.355. The van der Waals surface area contributed by atoms with Gasteiger partial charge in [-0.3, -0.25) is 14.9 Å². The zero-order chi connectivity index (χ0) is 22.1. The molecule has 8 heteroatoms. The summed E-state index contributed by atoms with van der Waals surface area (Å²) in [6, 6.07) is 11.8. The lowest BCUT2D eigenvalue weighted by molar-refractivity contribution is -0.116. The van der Waals surface area contributed by atoms with Crippen LogP contribution in [0.2, 0.25) is 5.02 Å². The summed E-state index contributed by atoms with van der Waals surface area (Å²) in [7, 11) is 0. The molecule has 0 saturated carbocycles. The van der Waals surface area contributed by atoms with E-state index >= 15 is 0 Å². The van der Waals surface area contributed by atoms with Crippen molar-refractivity contribution < 1.29 is 14.3 Å². The Kier molecular flexibility index (Phi) is 9.08. The third kappa shape index (κ3) is 7.31. The highest BCUT2D eigenvalue weighted by molar-refractivity contribution is 7.80. The number of rotatable bonds is 8. The highest BCUT2D eigenvalue weighted by atomic mass is 35.5. The summed E-state index contributed by atoms with van der Waals surface area (Å²) in [4.78, 5) is 24.2. The summed E-state index contributed by atoms with van der Waals surface area (Å²) in [6.45, 7) is 5.96. The largest absolute Gasteiger partial charge is 0.491 e. The maximum absolute atomic E-state index is 12.4. The maximum Gasteiger partial charge on any atom is 0.257 e. The van der Waals surface area contributed by atoms with Crippen LogP contribution in [-0.2, 0) is 4.79 Å². The normalized spacial score (nSPS) is 11.3. The number of benzene rings is 2. The fourth-order valence-electron chi connectivity index (χ4n) is 2.48. The van der Waals surface area contributed by atoms with E-state index in [1.807, 2.05) is 20.8 Å². The lowest BCUT2D eigenvalue weighted by Gasteiger charge is -2.14. The number of hydrogen-bond donors (Lipinski definition) is 3. The Balaban J connectivity index is 1.98. The van der Waals surface area contributed by atoms with Crippen molar-refractivity contribution in [3.8, 4) is 5.75 Å². The molecule has 2 aromatic carbocycles. The smallest absolute Gasteiger partial charge is 0.257 e. The van der Waals surface area contributed by atoms with Crippen molar-refractivity contribution >= 4 is 52.1 Å². The average Bonchev–Trinajstić information content (AvgIpc) is 2.71. The highest BCUT2D eigenvalue weighted by Gasteiger charge is 2.11. The molecule has 0 saturated heterocycles. The van der Waals surface area contributed by atoms with Crippen molar-refractivity contribution in [2.45, 2.75) is 46.1 Å². The van der Waals surface area contributed by atoms with Gasteiger partial charge in [-0.1, -0.05) is 25.4 Å². The van der Waals surface area contributed by atoms with Crippen LogP contribution in [0.1, 0.15) is 50.4 Å². The van der Waals surface area contributed by atoms with Crippen molar-refractivity contribution in [1.29, 1.82) is 0 Å². The lowest BCUT2D eigenvalue weighted by atomic mass is 10.2. The molecule has 160 valence electrons. The second-order valence-corrected chi connectivity index (χ2v) is 7.58. The number of halogens is 1. The number of hydrogen-bond acceptors (Lipinski definition) is 4. The monoisotopic (exact) mass is 447 g/mol. The van der Waals surface area contributed by atoms with Crippen LogP contribution in [0.5, 0.6) is 5.75 Å². The number of ether oxygens (including phenoxy) is 1. The van der Waals surface area contributed by atoms with E-state index in [1.165, 1.54) is 0 Å². The Morgan fingerprint density at radius 3 is 2.43 bits per heavy atom. The number of carbonyl (C=O) groups excluding carboxylic acids is 2. The van der Waals surface area contributed by atoms with E-state index in [4.69, 9.17) is 28.6 Å². The second kappa shape index (κ2) is 11.5. The fourth-order valence-corrected chi connectivity index (χ4v) is 2.85. The highest BCUT2D eigenvalue weighted by Crippen LogP contribution is 2.25. The fraction of sp³-hybridized carbons (Fsp3) is 0.318. The van der Waals surface area contributed by atoms with Crippen LogP contribution in [0.15, 0.2) is 42.5 Å². The number of amides is 2. The molecule has 0 aromatic heterocycles. The first-order valence-corrected chi connectivity index (χ1v) is 10.6. The van der Waals surface area contributed by atoms with E-state index in [0.717, 1.165) is 12.8 Å².